The molecule has 1 aromatic carbocycles. The third-order valence-electron chi connectivity index (χ3n) is 4.64. The highest BCUT2D eigenvalue weighted by molar-refractivity contribution is 7.89. The maximum absolute atomic E-state index is 12.7. The van der Waals surface area contributed by atoms with Gasteiger partial charge in [-0.25, -0.2) is 8.42 Å². The minimum Gasteiger partial charge on any atom is -0.379 e. The van der Waals surface area contributed by atoms with Crippen molar-refractivity contribution in [3.05, 3.63) is 24.3 Å². The van der Waals surface area contributed by atoms with E-state index in [9.17, 15) is 13.2 Å². The molecule has 1 atom stereocenters. The summed E-state index contributed by atoms with van der Waals surface area (Å²) in [5, 5.41) is 5.98. The van der Waals surface area contributed by atoms with Gasteiger partial charge in [-0.3, -0.25) is 4.79 Å². The van der Waals surface area contributed by atoms with Gasteiger partial charge in [-0.1, -0.05) is 13.0 Å². The lowest BCUT2D eigenvalue weighted by Gasteiger charge is -2.31. The van der Waals surface area contributed by atoms with E-state index in [4.69, 9.17) is 4.74 Å². The summed E-state index contributed by atoms with van der Waals surface area (Å²) < 4.78 is 32.0. The topological polar surface area (TPSA) is 87.7 Å². The van der Waals surface area contributed by atoms with Crippen molar-refractivity contribution in [1.29, 1.82) is 0 Å². The summed E-state index contributed by atoms with van der Waals surface area (Å²) in [6.07, 6.45) is 0. The van der Waals surface area contributed by atoms with Crippen molar-refractivity contribution in [3.63, 3.8) is 0 Å². The first kappa shape index (κ1) is 20.1. The number of halogens is 1. The molecule has 3 rings (SSSR count). The second-order valence-corrected chi connectivity index (χ2v) is 8.18. The molecule has 2 fully saturated rings. The number of sulfonamides is 1. The largest absolute Gasteiger partial charge is 0.379 e. The highest BCUT2D eigenvalue weighted by Crippen LogP contribution is 2.22. The molecule has 9 heteroatoms. The Balaban J connectivity index is 0.00000225. The zero-order valence-electron chi connectivity index (χ0n) is 14.1. The predicted molar refractivity (Wildman–Crippen MR) is 97.4 cm³/mol. The number of carbonyl (C=O) groups excluding carboxylic acids is 1. The lowest BCUT2D eigenvalue weighted by molar-refractivity contribution is -0.121. The van der Waals surface area contributed by atoms with Crippen LogP contribution in [0, 0.1) is 11.8 Å². The second kappa shape index (κ2) is 8.46. The van der Waals surface area contributed by atoms with Gasteiger partial charge in [0.2, 0.25) is 15.9 Å². The van der Waals surface area contributed by atoms with E-state index >= 15 is 0 Å². The molecule has 2 heterocycles. The number of ether oxygens (including phenoxy) is 1. The Morgan fingerprint density at radius 3 is 2.60 bits per heavy atom. The number of anilines is 1. The molecule has 25 heavy (non-hydrogen) atoms. The molecule has 2 aliphatic rings. The molecule has 1 amide bonds. The van der Waals surface area contributed by atoms with Gasteiger partial charge >= 0.3 is 0 Å². The number of amides is 1. The Morgan fingerprint density at radius 2 is 2.00 bits per heavy atom. The summed E-state index contributed by atoms with van der Waals surface area (Å²) >= 11 is 0. The molecular weight excluding hydrogens is 366 g/mol. The van der Waals surface area contributed by atoms with Crippen LogP contribution >= 0.6 is 12.4 Å². The Labute approximate surface area is 154 Å². The molecular formula is C16H24ClN3O4S. The molecule has 140 valence electrons. The van der Waals surface area contributed by atoms with Gasteiger partial charge in [0.1, 0.15) is 0 Å². The van der Waals surface area contributed by atoms with Crippen molar-refractivity contribution in [3.8, 4) is 0 Å². The minimum atomic E-state index is -3.56. The molecule has 2 saturated heterocycles. The van der Waals surface area contributed by atoms with Gasteiger partial charge in [0.25, 0.3) is 0 Å². The Morgan fingerprint density at radius 1 is 1.32 bits per heavy atom. The fraction of sp³-hybridized carbons (Fsp3) is 0.562. The SMILES string of the molecule is CC(C(=O)Nc1cccc(S(=O)(=O)N2CCOCC2)c1)C1CNC1.Cl. The van der Waals surface area contributed by atoms with E-state index in [1.165, 1.54) is 10.4 Å². The lowest BCUT2D eigenvalue weighted by atomic mass is 9.88. The summed E-state index contributed by atoms with van der Waals surface area (Å²) in [5.74, 6) is 0.151. The molecule has 0 radical (unpaired) electrons. The monoisotopic (exact) mass is 389 g/mol. The van der Waals surface area contributed by atoms with Crippen molar-refractivity contribution in [2.75, 3.05) is 44.7 Å². The van der Waals surface area contributed by atoms with Crippen molar-refractivity contribution in [2.45, 2.75) is 11.8 Å². The molecule has 2 N–H and O–H groups in total. The van der Waals surface area contributed by atoms with Gasteiger partial charge in [0.15, 0.2) is 0 Å². The van der Waals surface area contributed by atoms with E-state index in [-0.39, 0.29) is 29.1 Å². The normalized spacial score (nSPS) is 20.2. The number of carbonyl (C=O) groups is 1. The second-order valence-electron chi connectivity index (χ2n) is 6.24. The maximum Gasteiger partial charge on any atom is 0.243 e. The molecule has 0 aliphatic carbocycles. The van der Waals surface area contributed by atoms with Crippen LogP contribution in [0.1, 0.15) is 6.92 Å². The number of nitrogens with zero attached hydrogens (tertiary/aromatic N) is 1. The standard InChI is InChI=1S/C16H23N3O4S.ClH/c1-12(13-10-17-11-13)16(20)18-14-3-2-4-15(9-14)24(21,22)19-5-7-23-8-6-19;/h2-4,9,12-13,17H,5-8,10-11H2,1H3,(H,18,20);1H. The summed E-state index contributed by atoms with van der Waals surface area (Å²) in [6.45, 7) is 5.11. The molecule has 1 aromatic rings. The number of nitrogens with one attached hydrogen (secondary N) is 2. The summed E-state index contributed by atoms with van der Waals surface area (Å²) in [4.78, 5) is 12.5. The first-order valence-electron chi connectivity index (χ1n) is 8.18. The molecule has 2 aliphatic heterocycles. The highest BCUT2D eigenvalue weighted by Gasteiger charge is 2.29. The van der Waals surface area contributed by atoms with Crippen LogP contribution in [0.5, 0.6) is 0 Å². The summed E-state index contributed by atoms with van der Waals surface area (Å²) in [5.41, 5.74) is 0.508. The van der Waals surface area contributed by atoms with Gasteiger partial charge in [0.05, 0.1) is 18.1 Å². The van der Waals surface area contributed by atoms with E-state index in [1.807, 2.05) is 6.92 Å². The maximum atomic E-state index is 12.7. The van der Waals surface area contributed by atoms with Gasteiger partial charge in [-0.2, -0.15) is 4.31 Å². The molecule has 0 aromatic heterocycles. The number of hydrogen-bond donors (Lipinski definition) is 2. The van der Waals surface area contributed by atoms with Crippen LogP contribution in [0.4, 0.5) is 5.69 Å². The van der Waals surface area contributed by atoms with Crippen LogP contribution in [0.2, 0.25) is 0 Å². The average Bonchev–Trinajstić information content (AvgIpc) is 2.54. The van der Waals surface area contributed by atoms with E-state index in [1.54, 1.807) is 18.2 Å². The van der Waals surface area contributed by atoms with E-state index in [0.29, 0.717) is 37.9 Å². The first-order valence-corrected chi connectivity index (χ1v) is 9.62. The average molecular weight is 390 g/mol. The molecule has 0 saturated carbocycles. The highest BCUT2D eigenvalue weighted by atomic mass is 35.5. The minimum absolute atomic E-state index is 0. The van der Waals surface area contributed by atoms with Crippen LogP contribution < -0.4 is 10.6 Å². The van der Waals surface area contributed by atoms with E-state index in [2.05, 4.69) is 10.6 Å². The van der Waals surface area contributed by atoms with Crippen molar-refractivity contribution in [1.82, 2.24) is 9.62 Å². The number of rotatable bonds is 5. The van der Waals surface area contributed by atoms with Crippen LogP contribution in [0.25, 0.3) is 0 Å². The number of hydrogen-bond acceptors (Lipinski definition) is 5. The van der Waals surface area contributed by atoms with E-state index in [0.717, 1.165) is 13.1 Å². The molecule has 1 unspecified atom stereocenters. The van der Waals surface area contributed by atoms with Crippen molar-refractivity contribution < 1.29 is 17.9 Å². The zero-order chi connectivity index (χ0) is 17.2. The fourth-order valence-corrected chi connectivity index (χ4v) is 4.26. The predicted octanol–water partition coefficient (Wildman–Crippen LogP) is 0.923. The molecule has 0 spiro atoms. The third kappa shape index (κ3) is 4.51. The summed E-state index contributed by atoms with van der Waals surface area (Å²) in [6, 6.07) is 6.44. The van der Waals surface area contributed by atoms with Gasteiger partial charge in [-0.15, -0.1) is 12.4 Å². The van der Waals surface area contributed by atoms with E-state index < -0.39 is 10.0 Å². The Hall–Kier alpha value is -1.19. The third-order valence-corrected chi connectivity index (χ3v) is 6.54. The molecule has 0 bridgehead atoms. The lowest BCUT2D eigenvalue weighted by Crippen LogP contribution is -2.48. The van der Waals surface area contributed by atoms with Crippen LogP contribution in [0.15, 0.2) is 29.2 Å². The van der Waals surface area contributed by atoms with Crippen LogP contribution in [0.3, 0.4) is 0 Å². The van der Waals surface area contributed by atoms with Gasteiger partial charge in [-0.05, 0) is 37.2 Å². The summed E-state index contributed by atoms with van der Waals surface area (Å²) in [7, 11) is -3.56. The molecule has 7 nitrogen and oxygen atoms in total. The number of morpholine rings is 1. The zero-order valence-corrected chi connectivity index (χ0v) is 15.7. The van der Waals surface area contributed by atoms with Crippen molar-refractivity contribution >= 4 is 34.0 Å². The van der Waals surface area contributed by atoms with Crippen LogP contribution in [-0.2, 0) is 19.6 Å². The van der Waals surface area contributed by atoms with Gasteiger partial charge < -0.3 is 15.4 Å². The van der Waals surface area contributed by atoms with Crippen LogP contribution in [-0.4, -0.2) is 58.0 Å². The number of benzene rings is 1. The van der Waals surface area contributed by atoms with Gasteiger partial charge in [0, 0.05) is 24.7 Å². The Kier molecular flexibility index (Phi) is 6.81. The first-order chi connectivity index (χ1) is 11.5. The Bertz CT molecular complexity index is 703. The van der Waals surface area contributed by atoms with Crippen molar-refractivity contribution in [2.24, 2.45) is 11.8 Å². The smallest absolute Gasteiger partial charge is 0.243 e. The quantitative estimate of drug-likeness (QED) is 0.782. The fourth-order valence-electron chi connectivity index (χ4n) is 2.81.